The van der Waals surface area contributed by atoms with Crippen LogP contribution in [0.25, 0.3) is 10.2 Å². The van der Waals surface area contributed by atoms with Crippen LogP contribution in [-0.4, -0.2) is 27.1 Å². The molecule has 0 saturated carbocycles. The molecule has 2 aromatic rings. The van der Waals surface area contributed by atoms with Gasteiger partial charge in [0.1, 0.15) is 0 Å². The molecule has 0 radical (unpaired) electrons. The van der Waals surface area contributed by atoms with E-state index in [1.54, 1.807) is 11.4 Å². The van der Waals surface area contributed by atoms with E-state index in [2.05, 4.69) is 4.98 Å². The number of hydrogen-bond acceptors (Lipinski definition) is 4. The molecule has 0 spiro atoms. The number of carbonyl (C=O) groups is 2. The molecule has 6 heteroatoms. The van der Waals surface area contributed by atoms with Gasteiger partial charge >= 0.3 is 11.9 Å². The summed E-state index contributed by atoms with van der Waals surface area (Å²) >= 11 is 1.32. The Hall–Kier alpha value is -1.95. The van der Waals surface area contributed by atoms with E-state index in [0.717, 1.165) is 0 Å². The van der Waals surface area contributed by atoms with Crippen molar-refractivity contribution in [2.45, 2.75) is 0 Å². The molecule has 0 saturated heterocycles. The van der Waals surface area contributed by atoms with Crippen molar-refractivity contribution in [2.75, 3.05) is 0 Å². The fraction of sp³-hybridized carbons (Fsp3) is 0. The summed E-state index contributed by atoms with van der Waals surface area (Å²) in [6.45, 7) is 0. The number of thiophene rings is 1. The monoisotopic (exact) mass is 223 g/mol. The van der Waals surface area contributed by atoms with Gasteiger partial charge in [-0.25, -0.2) is 14.6 Å². The van der Waals surface area contributed by atoms with Gasteiger partial charge in [-0.15, -0.1) is 11.3 Å². The van der Waals surface area contributed by atoms with Gasteiger partial charge in [0.2, 0.25) is 0 Å². The van der Waals surface area contributed by atoms with Gasteiger partial charge in [-0.2, -0.15) is 0 Å². The number of hydrogen-bond donors (Lipinski definition) is 2. The van der Waals surface area contributed by atoms with Crippen LogP contribution in [0.1, 0.15) is 20.8 Å². The highest BCUT2D eigenvalue weighted by Gasteiger charge is 2.18. The average Bonchev–Trinajstić information content (AvgIpc) is 2.61. The lowest BCUT2D eigenvalue weighted by Gasteiger charge is -2.00. The largest absolute Gasteiger partial charge is 0.478 e. The molecule has 2 N–H and O–H groups in total. The Morgan fingerprint density at radius 1 is 1.27 bits per heavy atom. The highest BCUT2D eigenvalue weighted by molar-refractivity contribution is 7.17. The highest BCUT2D eigenvalue weighted by atomic mass is 32.1. The number of carboxylic acid groups (broad SMARTS) is 2. The van der Waals surface area contributed by atoms with Crippen molar-refractivity contribution in [1.29, 1.82) is 0 Å². The van der Waals surface area contributed by atoms with Crippen molar-refractivity contribution in [3.05, 3.63) is 28.8 Å². The summed E-state index contributed by atoms with van der Waals surface area (Å²) in [5, 5.41) is 19.3. The van der Waals surface area contributed by atoms with Crippen molar-refractivity contribution in [1.82, 2.24) is 4.98 Å². The van der Waals surface area contributed by atoms with Crippen molar-refractivity contribution >= 4 is 33.5 Å². The molecule has 76 valence electrons. The molecule has 2 rings (SSSR count). The number of aromatic nitrogens is 1. The van der Waals surface area contributed by atoms with Crippen LogP contribution >= 0.6 is 11.3 Å². The van der Waals surface area contributed by atoms with Crippen LogP contribution in [0.2, 0.25) is 0 Å². The first kappa shape index (κ1) is 9.60. The molecule has 0 bridgehead atoms. The fourth-order valence-corrected chi connectivity index (χ4v) is 1.98. The molecule has 0 fully saturated rings. The van der Waals surface area contributed by atoms with Crippen molar-refractivity contribution < 1.29 is 19.8 Å². The van der Waals surface area contributed by atoms with E-state index in [9.17, 15) is 9.59 Å². The molecule has 0 aliphatic rings. The van der Waals surface area contributed by atoms with Gasteiger partial charge in [-0.05, 0) is 17.5 Å². The van der Waals surface area contributed by atoms with E-state index in [0.29, 0.717) is 10.2 Å². The lowest BCUT2D eigenvalue weighted by atomic mass is 10.2. The van der Waals surface area contributed by atoms with Crippen LogP contribution in [0.5, 0.6) is 0 Å². The number of pyridine rings is 1. The Kier molecular flexibility index (Phi) is 2.12. The van der Waals surface area contributed by atoms with Gasteiger partial charge in [-0.3, -0.25) is 0 Å². The average molecular weight is 223 g/mol. The quantitative estimate of drug-likeness (QED) is 0.808. The first-order valence-corrected chi connectivity index (χ1v) is 4.82. The lowest BCUT2D eigenvalue weighted by molar-refractivity contribution is 0.0647. The summed E-state index contributed by atoms with van der Waals surface area (Å²) in [7, 11) is 0. The third kappa shape index (κ3) is 1.55. The maximum absolute atomic E-state index is 10.8. The molecule has 0 atom stereocenters. The fourth-order valence-electron chi connectivity index (χ4n) is 1.22. The Balaban J connectivity index is 2.79. The van der Waals surface area contributed by atoms with Gasteiger partial charge < -0.3 is 10.2 Å². The predicted molar refractivity (Wildman–Crippen MR) is 53.5 cm³/mol. The molecule has 15 heavy (non-hydrogen) atoms. The smallest absolute Gasteiger partial charge is 0.355 e. The molecular weight excluding hydrogens is 218 g/mol. The molecule has 0 aliphatic heterocycles. The number of nitrogens with zero attached hydrogens (tertiary/aromatic N) is 1. The van der Waals surface area contributed by atoms with Crippen LogP contribution in [0.3, 0.4) is 0 Å². The van der Waals surface area contributed by atoms with Crippen LogP contribution in [0, 0.1) is 0 Å². The van der Waals surface area contributed by atoms with E-state index in [-0.39, 0.29) is 5.56 Å². The third-order valence-corrected chi connectivity index (χ3v) is 2.72. The number of rotatable bonds is 2. The Morgan fingerprint density at radius 3 is 2.60 bits per heavy atom. The Labute approximate surface area is 87.6 Å². The summed E-state index contributed by atoms with van der Waals surface area (Å²) in [4.78, 5) is 25.3. The van der Waals surface area contributed by atoms with E-state index in [1.807, 2.05) is 0 Å². The van der Waals surface area contributed by atoms with Crippen molar-refractivity contribution in [3.63, 3.8) is 0 Å². The molecular formula is C9H5NO4S. The van der Waals surface area contributed by atoms with Gasteiger partial charge in [0.05, 0.1) is 15.8 Å². The second-order valence-corrected chi connectivity index (χ2v) is 3.75. The maximum atomic E-state index is 10.8. The first-order valence-electron chi connectivity index (χ1n) is 3.94. The number of fused-ring (bicyclic) bond motifs is 1. The molecule has 0 aromatic carbocycles. The second kappa shape index (κ2) is 3.32. The Morgan fingerprint density at radius 2 is 2.00 bits per heavy atom. The summed E-state index contributed by atoms with van der Waals surface area (Å²) in [6.07, 6.45) is 0. The first-order chi connectivity index (χ1) is 7.09. The van der Waals surface area contributed by atoms with Gasteiger partial charge in [0, 0.05) is 0 Å². The third-order valence-electron chi connectivity index (χ3n) is 1.87. The zero-order valence-corrected chi connectivity index (χ0v) is 8.11. The molecule has 0 aliphatic carbocycles. The van der Waals surface area contributed by atoms with Crippen molar-refractivity contribution in [2.24, 2.45) is 0 Å². The van der Waals surface area contributed by atoms with E-state index < -0.39 is 17.6 Å². The molecule has 2 aromatic heterocycles. The minimum Gasteiger partial charge on any atom is -0.478 e. The van der Waals surface area contributed by atoms with Crippen LogP contribution in [-0.2, 0) is 0 Å². The van der Waals surface area contributed by atoms with E-state index >= 15 is 0 Å². The zero-order chi connectivity index (χ0) is 11.0. The molecule has 5 nitrogen and oxygen atoms in total. The van der Waals surface area contributed by atoms with Crippen LogP contribution < -0.4 is 0 Å². The van der Waals surface area contributed by atoms with Gasteiger partial charge in [-0.1, -0.05) is 0 Å². The predicted octanol–water partition coefficient (Wildman–Crippen LogP) is 1.69. The second-order valence-electron chi connectivity index (χ2n) is 2.80. The minimum absolute atomic E-state index is 0.280. The van der Waals surface area contributed by atoms with E-state index in [4.69, 9.17) is 10.2 Å². The van der Waals surface area contributed by atoms with E-state index in [1.165, 1.54) is 17.4 Å². The van der Waals surface area contributed by atoms with Crippen molar-refractivity contribution in [3.8, 4) is 0 Å². The SMILES string of the molecule is O=C(O)c1cc2sccc2nc1C(=O)O. The number of carboxylic acids is 2. The normalized spacial score (nSPS) is 10.4. The zero-order valence-electron chi connectivity index (χ0n) is 7.30. The highest BCUT2D eigenvalue weighted by Crippen LogP contribution is 2.22. The molecule has 0 amide bonds. The minimum atomic E-state index is -1.33. The topological polar surface area (TPSA) is 87.5 Å². The molecule has 2 heterocycles. The van der Waals surface area contributed by atoms with Gasteiger partial charge in [0.25, 0.3) is 0 Å². The van der Waals surface area contributed by atoms with Crippen LogP contribution in [0.4, 0.5) is 0 Å². The lowest BCUT2D eigenvalue weighted by Crippen LogP contribution is -2.10. The molecule has 0 unspecified atom stereocenters. The summed E-state index contributed by atoms with van der Waals surface area (Å²) in [6, 6.07) is 2.98. The summed E-state index contributed by atoms with van der Waals surface area (Å²) in [5.41, 5.74) is -0.201. The standard InChI is InChI=1S/C9H5NO4S/c11-8(12)4-3-6-5(1-2-15-6)10-7(4)9(13)14/h1-3H,(H,11,12)(H,13,14). The summed E-state index contributed by atoms with van der Waals surface area (Å²) in [5.74, 6) is -2.62. The maximum Gasteiger partial charge on any atom is 0.355 e. The van der Waals surface area contributed by atoms with Crippen LogP contribution in [0.15, 0.2) is 17.5 Å². The summed E-state index contributed by atoms with van der Waals surface area (Å²) < 4.78 is 0.664. The number of aromatic carboxylic acids is 2. The van der Waals surface area contributed by atoms with Gasteiger partial charge in [0.15, 0.2) is 5.69 Å². The Bertz CT molecular complexity index is 512.